The Kier molecular flexibility index (Phi) is 8.73. The molecule has 0 fully saturated rings. The van der Waals surface area contributed by atoms with Gasteiger partial charge in [-0.1, -0.05) is 38.8 Å². The van der Waals surface area contributed by atoms with E-state index in [0.717, 1.165) is 12.8 Å². The maximum absolute atomic E-state index is 10.7. The van der Waals surface area contributed by atoms with Gasteiger partial charge in [0.25, 0.3) is 0 Å². The van der Waals surface area contributed by atoms with Crippen LogP contribution in [0.25, 0.3) is 0 Å². The Hall–Kier alpha value is -0.790. The van der Waals surface area contributed by atoms with E-state index in [1.807, 2.05) is 0 Å². The van der Waals surface area contributed by atoms with Crippen molar-refractivity contribution in [1.82, 2.24) is 0 Å². The first-order valence-electron chi connectivity index (χ1n) is 5.11. The summed E-state index contributed by atoms with van der Waals surface area (Å²) in [5.41, 5.74) is 0. The lowest BCUT2D eigenvalue weighted by molar-refractivity contribution is -0.143. The molecular formula is C11H20O2. The maximum Gasteiger partial charge on any atom is 0.305 e. The van der Waals surface area contributed by atoms with Crippen LogP contribution in [-0.2, 0) is 9.53 Å². The highest BCUT2D eigenvalue weighted by molar-refractivity contribution is 5.68. The molecule has 0 aromatic heterocycles. The Morgan fingerprint density at radius 2 is 1.92 bits per heavy atom. The summed E-state index contributed by atoms with van der Waals surface area (Å²) < 4.78 is 4.91. The second kappa shape index (κ2) is 9.30. The van der Waals surface area contributed by atoms with Crippen LogP contribution < -0.4 is 0 Å². The molecule has 0 rings (SSSR count). The van der Waals surface area contributed by atoms with Crippen LogP contribution in [0.5, 0.6) is 0 Å². The van der Waals surface area contributed by atoms with E-state index >= 15 is 0 Å². The van der Waals surface area contributed by atoms with Gasteiger partial charge in [0.15, 0.2) is 0 Å². The van der Waals surface area contributed by atoms with E-state index in [4.69, 9.17) is 4.74 Å². The first kappa shape index (κ1) is 12.2. The minimum atomic E-state index is -0.109. The average molecular weight is 184 g/mol. The molecule has 0 N–H and O–H groups in total. The third-order valence-electron chi connectivity index (χ3n) is 1.73. The summed E-state index contributed by atoms with van der Waals surface area (Å²) in [6, 6.07) is 0. The number of ether oxygens (including phenoxy) is 1. The fourth-order valence-corrected chi connectivity index (χ4v) is 0.901. The van der Waals surface area contributed by atoms with Gasteiger partial charge in [0.05, 0.1) is 6.61 Å². The van der Waals surface area contributed by atoms with Gasteiger partial charge in [0.2, 0.25) is 0 Å². The molecule has 13 heavy (non-hydrogen) atoms. The predicted molar refractivity (Wildman–Crippen MR) is 54.5 cm³/mol. The van der Waals surface area contributed by atoms with E-state index in [9.17, 15) is 4.79 Å². The molecule has 0 unspecified atom stereocenters. The molecule has 0 bridgehead atoms. The zero-order valence-corrected chi connectivity index (χ0v) is 8.71. The van der Waals surface area contributed by atoms with Crippen LogP contribution in [-0.4, -0.2) is 12.6 Å². The third-order valence-corrected chi connectivity index (χ3v) is 1.73. The number of carbonyl (C=O) groups is 1. The van der Waals surface area contributed by atoms with Crippen LogP contribution in [0.15, 0.2) is 12.2 Å². The summed E-state index contributed by atoms with van der Waals surface area (Å²) in [6.45, 7) is 4.51. The van der Waals surface area contributed by atoms with Crippen LogP contribution in [0.4, 0.5) is 0 Å². The third kappa shape index (κ3) is 9.12. The van der Waals surface area contributed by atoms with Crippen LogP contribution in [0, 0.1) is 0 Å². The summed E-state index contributed by atoms with van der Waals surface area (Å²) in [4.78, 5) is 10.7. The lowest BCUT2D eigenvalue weighted by atomic mass is 10.2. The minimum Gasteiger partial charge on any atom is -0.465 e. The minimum absolute atomic E-state index is 0.109. The number of hydrogen-bond donors (Lipinski definition) is 0. The quantitative estimate of drug-likeness (QED) is 0.345. The average Bonchev–Trinajstić information content (AvgIpc) is 2.16. The summed E-state index contributed by atoms with van der Waals surface area (Å²) in [7, 11) is 0. The van der Waals surface area contributed by atoms with E-state index in [-0.39, 0.29) is 5.97 Å². The first-order valence-corrected chi connectivity index (χ1v) is 5.11. The zero-order chi connectivity index (χ0) is 9.94. The van der Waals surface area contributed by atoms with Gasteiger partial charge in [-0.2, -0.15) is 0 Å². The van der Waals surface area contributed by atoms with E-state index in [0.29, 0.717) is 13.0 Å². The second-order valence-corrected chi connectivity index (χ2v) is 2.98. The zero-order valence-electron chi connectivity index (χ0n) is 8.71. The highest BCUT2D eigenvalue weighted by Crippen LogP contribution is 1.96. The van der Waals surface area contributed by atoms with Gasteiger partial charge >= 0.3 is 5.97 Å². The monoisotopic (exact) mass is 184 g/mol. The molecule has 0 aliphatic heterocycles. The topological polar surface area (TPSA) is 26.3 Å². The SMILES string of the molecule is CCCC/C=C\CCOC(=O)CC. The number of carbonyl (C=O) groups excluding carboxylic acids is 1. The van der Waals surface area contributed by atoms with Gasteiger partial charge in [-0.05, 0) is 12.8 Å². The van der Waals surface area contributed by atoms with E-state index < -0.39 is 0 Å². The van der Waals surface area contributed by atoms with Crippen LogP contribution in [0.3, 0.4) is 0 Å². The Bertz CT molecular complexity index is 150. The molecule has 0 atom stereocenters. The molecular weight excluding hydrogens is 164 g/mol. The van der Waals surface area contributed by atoms with E-state index in [2.05, 4.69) is 19.1 Å². The molecule has 2 heteroatoms. The van der Waals surface area contributed by atoms with Crippen molar-refractivity contribution in [3.05, 3.63) is 12.2 Å². The summed E-state index contributed by atoms with van der Waals surface area (Å²) in [5, 5.41) is 0. The normalized spacial score (nSPS) is 10.6. The Morgan fingerprint density at radius 1 is 1.23 bits per heavy atom. The number of esters is 1. The molecule has 0 aliphatic carbocycles. The highest BCUT2D eigenvalue weighted by atomic mass is 16.5. The van der Waals surface area contributed by atoms with Gasteiger partial charge < -0.3 is 4.74 Å². The van der Waals surface area contributed by atoms with Crippen molar-refractivity contribution in [2.45, 2.75) is 46.0 Å². The molecule has 0 saturated carbocycles. The summed E-state index contributed by atoms with van der Waals surface area (Å²) >= 11 is 0. The van der Waals surface area contributed by atoms with Gasteiger partial charge in [-0.25, -0.2) is 0 Å². The molecule has 0 aromatic carbocycles. The van der Waals surface area contributed by atoms with Gasteiger partial charge in [0.1, 0.15) is 0 Å². The van der Waals surface area contributed by atoms with Crippen molar-refractivity contribution >= 4 is 5.97 Å². The lowest BCUT2D eigenvalue weighted by Gasteiger charge is -1.98. The standard InChI is InChI=1S/C11H20O2/c1-3-5-6-7-8-9-10-13-11(12)4-2/h7-8H,3-6,9-10H2,1-2H3/b8-7-. The summed E-state index contributed by atoms with van der Waals surface area (Å²) in [5.74, 6) is -0.109. The van der Waals surface area contributed by atoms with E-state index in [1.54, 1.807) is 6.92 Å². The molecule has 0 radical (unpaired) electrons. The van der Waals surface area contributed by atoms with Crippen molar-refractivity contribution in [2.24, 2.45) is 0 Å². The van der Waals surface area contributed by atoms with Crippen molar-refractivity contribution in [3.63, 3.8) is 0 Å². The molecule has 0 aliphatic rings. The second-order valence-electron chi connectivity index (χ2n) is 2.98. The lowest BCUT2D eigenvalue weighted by Crippen LogP contribution is -2.02. The smallest absolute Gasteiger partial charge is 0.305 e. The van der Waals surface area contributed by atoms with E-state index in [1.165, 1.54) is 12.8 Å². The largest absolute Gasteiger partial charge is 0.465 e. The fourth-order valence-electron chi connectivity index (χ4n) is 0.901. The number of unbranched alkanes of at least 4 members (excludes halogenated alkanes) is 2. The molecule has 2 nitrogen and oxygen atoms in total. The maximum atomic E-state index is 10.7. The predicted octanol–water partition coefficient (Wildman–Crippen LogP) is 3.08. The first-order chi connectivity index (χ1) is 6.31. The van der Waals surface area contributed by atoms with Crippen LogP contribution in [0.1, 0.15) is 46.0 Å². The van der Waals surface area contributed by atoms with Gasteiger partial charge in [0, 0.05) is 6.42 Å². The van der Waals surface area contributed by atoms with Crippen molar-refractivity contribution in [3.8, 4) is 0 Å². The number of hydrogen-bond acceptors (Lipinski definition) is 2. The van der Waals surface area contributed by atoms with Crippen molar-refractivity contribution < 1.29 is 9.53 Å². The van der Waals surface area contributed by atoms with Gasteiger partial charge in [-0.15, -0.1) is 0 Å². The molecule has 0 aromatic rings. The van der Waals surface area contributed by atoms with Gasteiger partial charge in [-0.3, -0.25) is 4.79 Å². The Balaban J connectivity index is 3.15. The van der Waals surface area contributed by atoms with Crippen LogP contribution in [0.2, 0.25) is 0 Å². The number of allylic oxidation sites excluding steroid dienone is 1. The van der Waals surface area contributed by atoms with Crippen molar-refractivity contribution in [1.29, 1.82) is 0 Å². The Labute approximate surface area is 81.0 Å². The molecule has 0 spiro atoms. The molecule has 76 valence electrons. The number of rotatable bonds is 7. The van der Waals surface area contributed by atoms with Crippen molar-refractivity contribution in [2.75, 3.05) is 6.61 Å². The highest BCUT2D eigenvalue weighted by Gasteiger charge is 1.94. The molecule has 0 amide bonds. The summed E-state index contributed by atoms with van der Waals surface area (Å²) in [6.07, 6.45) is 9.16. The van der Waals surface area contributed by atoms with Crippen LogP contribution >= 0.6 is 0 Å². The Morgan fingerprint density at radius 3 is 2.54 bits per heavy atom. The molecule has 0 heterocycles. The molecule has 0 saturated heterocycles. The fraction of sp³-hybridized carbons (Fsp3) is 0.727.